The van der Waals surface area contributed by atoms with E-state index in [0.717, 1.165) is 38.5 Å². The number of rotatable bonds is 5. The maximum Gasteiger partial charge on any atom is 0.339 e. The molecule has 1 unspecified atom stereocenters. The molecule has 1 aliphatic carbocycles. The molecule has 4 nitrogen and oxygen atoms in total. The molecule has 1 saturated carbocycles. The minimum Gasteiger partial charge on any atom is -0.507 e. The largest absolute Gasteiger partial charge is 0.507 e. The maximum absolute atomic E-state index is 12.0. The Bertz CT molecular complexity index is 736. The first-order valence-corrected chi connectivity index (χ1v) is 10.4. The molecule has 3 atom stereocenters. The Kier molecular flexibility index (Phi) is 5.22. The lowest BCUT2D eigenvalue weighted by atomic mass is 9.63. The van der Waals surface area contributed by atoms with Crippen molar-refractivity contribution in [2.45, 2.75) is 91.1 Å². The number of carboxylic acid groups (broad SMARTS) is 1. The van der Waals surface area contributed by atoms with E-state index < -0.39 is 5.97 Å². The summed E-state index contributed by atoms with van der Waals surface area (Å²) in [6, 6.07) is 1.91. The van der Waals surface area contributed by atoms with Crippen molar-refractivity contribution >= 4 is 5.97 Å². The Morgan fingerprint density at radius 1 is 1.26 bits per heavy atom. The number of phenols is 1. The van der Waals surface area contributed by atoms with Gasteiger partial charge in [0.2, 0.25) is 0 Å². The average Bonchev–Trinajstić information content (AvgIpc) is 2.61. The summed E-state index contributed by atoms with van der Waals surface area (Å²) in [7, 11) is 0. The molecular weight excluding hydrogens is 340 g/mol. The van der Waals surface area contributed by atoms with Crippen LogP contribution in [0.5, 0.6) is 11.5 Å². The number of benzene rings is 1. The van der Waals surface area contributed by atoms with E-state index in [0.29, 0.717) is 23.3 Å². The second-order valence-corrected chi connectivity index (χ2v) is 9.46. The lowest BCUT2D eigenvalue weighted by Gasteiger charge is -2.48. The fourth-order valence-corrected chi connectivity index (χ4v) is 5.44. The van der Waals surface area contributed by atoms with E-state index in [4.69, 9.17) is 4.74 Å². The van der Waals surface area contributed by atoms with E-state index in [1.165, 1.54) is 0 Å². The number of aromatic carboxylic acids is 1. The monoisotopic (exact) mass is 374 g/mol. The topological polar surface area (TPSA) is 66.8 Å². The van der Waals surface area contributed by atoms with Gasteiger partial charge in [-0.3, -0.25) is 0 Å². The van der Waals surface area contributed by atoms with Crippen LogP contribution in [0.3, 0.4) is 0 Å². The van der Waals surface area contributed by atoms with Crippen molar-refractivity contribution in [3.8, 4) is 11.5 Å². The van der Waals surface area contributed by atoms with Crippen molar-refractivity contribution in [1.82, 2.24) is 0 Å². The van der Waals surface area contributed by atoms with Gasteiger partial charge in [-0.15, -0.1) is 0 Å². The van der Waals surface area contributed by atoms with Crippen molar-refractivity contribution in [1.29, 1.82) is 0 Å². The highest BCUT2D eigenvalue weighted by Crippen LogP contribution is 2.60. The van der Waals surface area contributed by atoms with E-state index in [9.17, 15) is 15.0 Å². The molecule has 4 heteroatoms. The molecule has 2 N–H and O–H groups in total. The molecule has 1 aromatic carbocycles. The van der Waals surface area contributed by atoms with Gasteiger partial charge < -0.3 is 14.9 Å². The number of carbonyl (C=O) groups is 1. The molecule has 1 aliphatic heterocycles. The van der Waals surface area contributed by atoms with Gasteiger partial charge in [0.1, 0.15) is 22.7 Å². The molecule has 1 aromatic rings. The molecule has 2 bridgehead atoms. The predicted octanol–water partition coefficient (Wildman–Crippen LogP) is 5.90. The van der Waals surface area contributed by atoms with E-state index in [-0.39, 0.29) is 34.2 Å². The molecule has 1 fully saturated rings. The van der Waals surface area contributed by atoms with Gasteiger partial charge in [-0.1, -0.05) is 40.5 Å². The SMILES string of the molecule is CCCCCc1cc2c(c(O)c1C(=O)O)[C@H]1C(C)[C@@](C)(CCCC1(C)C)O2. The van der Waals surface area contributed by atoms with Gasteiger partial charge in [-0.05, 0) is 56.1 Å². The first-order chi connectivity index (χ1) is 12.6. The summed E-state index contributed by atoms with van der Waals surface area (Å²) < 4.78 is 6.49. The summed E-state index contributed by atoms with van der Waals surface area (Å²) >= 11 is 0. The molecule has 150 valence electrons. The van der Waals surface area contributed by atoms with E-state index in [2.05, 4.69) is 34.6 Å². The molecule has 0 aromatic heterocycles. The molecule has 2 aliphatic rings. The number of ether oxygens (including phenoxy) is 1. The van der Waals surface area contributed by atoms with E-state index >= 15 is 0 Å². The zero-order valence-corrected chi connectivity index (χ0v) is 17.4. The second-order valence-electron chi connectivity index (χ2n) is 9.46. The number of aryl methyl sites for hydroxylation is 1. The molecule has 0 radical (unpaired) electrons. The van der Waals surface area contributed by atoms with Crippen LogP contribution in [0.25, 0.3) is 0 Å². The first-order valence-electron chi connectivity index (χ1n) is 10.4. The number of unbranched alkanes of at least 4 members (excludes halogenated alkanes) is 2. The fraction of sp³-hybridized carbons (Fsp3) is 0.696. The summed E-state index contributed by atoms with van der Waals surface area (Å²) in [4.78, 5) is 12.0. The fourth-order valence-electron chi connectivity index (χ4n) is 5.44. The molecule has 27 heavy (non-hydrogen) atoms. The smallest absolute Gasteiger partial charge is 0.339 e. The van der Waals surface area contributed by atoms with Crippen LogP contribution in [0.1, 0.15) is 101 Å². The average molecular weight is 375 g/mol. The van der Waals surface area contributed by atoms with Crippen molar-refractivity contribution in [2.24, 2.45) is 11.3 Å². The van der Waals surface area contributed by atoms with Crippen LogP contribution in [-0.4, -0.2) is 21.8 Å². The van der Waals surface area contributed by atoms with Gasteiger partial charge in [-0.2, -0.15) is 0 Å². The third-order valence-electron chi connectivity index (χ3n) is 7.10. The Hall–Kier alpha value is -1.71. The molecule has 1 heterocycles. The third kappa shape index (κ3) is 3.32. The highest BCUT2D eigenvalue weighted by Gasteiger charge is 2.53. The number of hydrogen-bond acceptors (Lipinski definition) is 3. The van der Waals surface area contributed by atoms with Gasteiger partial charge in [0.15, 0.2) is 0 Å². The molecular formula is C23H34O4. The van der Waals surface area contributed by atoms with Crippen molar-refractivity contribution < 1.29 is 19.7 Å². The van der Waals surface area contributed by atoms with Gasteiger partial charge in [0, 0.05) is 17.4 Å². The number of hydrogen-bond donors (Lipinski definition) is 2. The zero-order valence-electron chi connectivity index (χ0n) is 17.4. The maximum atomic E-state index is 12.0. The molecule has 0 amide bonds. The van der Waals surface area contributed by atoms with Crippen LogP contribution in [0.15, 0.2) is 6.07 Å². The van der Waals surface area contributed by atoms with Gasteiger partial charge in [0.25, 0.3) is 0 Å². The van der Waals surface area contributed by atoms with Crippen LogP contribution in [0.4, 0.5) is 0 Å². The van der Waals surface area contributed by atoms with Crippen LogP contribution >= 0.6 is 0 Å². The Balaban J connectivity index is 2.20. The van der Waals surface area contributed by atoms with Crippen LogP contribution < -0.4 is 4.74 Å². The summed E-state index contributed by atoms with van der Waals surface area (Å²) in [5, 5.41) is 21.0. The minimum atomic E-state index is -1.05. The number of aromatic hydroxyl groups is 1. The lowest BCUT2D eigenvalue weighted by Crippen LogP contribution is -2.47. The Morgan fingerprint density at radius 3 is 2.59 bits per heavy atom. The van der Waals surface area contributed by atoms with Gasteiger partial charge >= 0.3 is 5.97 Å². The van der Waals surface area contributed by atoms with Crippen LogP contribution in [0, 0.1) is 11.3 Å². The molecule has 0 spiro atoms. The summed E-state index contributed by atoms with van der Waals surface area (Å²) in [5.41, 5.74) is 1.18. The van der Waals surface area contributed by atoms with Crippen molar-refractivity contribution in [3.63, 3.8) is 0 Å². The summed E-state index contributed by atoms with van der Waals surface area (Å²) in [6.07, 6.45) is 6.79. The Morgan fingerprint density at radius 2 is 1.96 bits per heavy atom. The highest BCUT2D eigenvalue weighted by molar-refractivity contribution is 5.94. The molecule has 3 rings (SSSR count). The van der Waals surface area contributed by atoms with E-state index in [1.807, 2.05) is 6.07 Å². The Labute approximate surface area is 162 Å². The van der Waals surface area contributed by atoms with Gasteiger partial charge in [0.05, 0.1) is 0 Å². The number of carboxylic acids is 1. The summed E-state index contributed by atoms with van der Waals surface area (Å²) in [5.74, 6) is -0.128. The van der Waals surface area contributed by atoms with Crippen LogP contribution in [-0.2, 0) is 6.42 Å². The second kappa shape index (κ2) is 7.03. The molecule has 0 saturated heterocycles. The standard InChI is InChI=1S/C23H34O4/c1-6-7-8-10-15-13-16-18(20(24)17(15)21(25)26)19-14(2)23(5,27-16)12-9-11-22(19,3)4/h13-14,19,24H,6-12H2,1-5H3,(H,25,26)/t14?,19-,23-/m1/s1. The normalized spacial score (nSPS) is 28.8. The zero-order chi connectivity index (χ0) is 20.0. The van der Waals surface area contributed by atoms with Crippen molar-refractivity contribution in [3.05, 3.63) is 22.8 Å². The van der Waals surface area contributed by atoms with Crippen molar-refractivity contribution in [2.75, 3.05) is 0 Å². The lowest BCUT2D eigenvalue weighted by molar-refractivity contribution is -0.0133. The predicted molar refractivity (Wildman–Crippen MR) is 107 cm³/mol. The minimum absolute atomic E-state index is 0.0211. The summed E-state index contributed by atoms with van der Waals surface area (Å²) in [6.45, 7) is 11.0. The quantitative estimate of drug-likeness (QED) is 0.629. The number of fused-ring (bicyclic) bond motifs is 4. The van der Waals surface area contributed by atoms with Crippen LogP contribution in [0.2, 0.25) is 0 Å². The first kappa shape index (κ1) is 20.0. The van der Waals surface area contributed by atoms with E-state index in [1.54, 1.807) is 0 Å². The van der Waals surface area contributed by atoms with Gasteiger partial charge in [-0.25, -0.2) is 4.79 Å². The third-order valence-corrected chi connectivity index (χ3v) is 7.10. The highest BCUT2D eigenvalue weighted by atomic mass is 16.5.